The van der Waals surface area contributed by atoms with Crippen LogP contribution in [0.4, 0.5) is 0 Å². The Bertz CT molecular complexity index is 647. The van der Waals surface area contributed by atoms with Gasteiger partial charge in [0.15, 0.2) is 5.76 Å². The molecule has 0 saturated heterocycles. The molecule has 6 nitrogen and oxygen atoms in total. The van der Waals surface area contributed by atoms with Crippen molar-refractivity contribution in [1.82, 2.24) is 10.5 Å². The molecule has 0 unspecified atom stereocenters. The molecule has 1 aliphatic rings. The molecule has 0 radical (unpaired) electrons. The van der Waals surface area contributed by atoms with Crippen molar-refractivity contribution < 1.29 is 19.2 Å². The van der Waals surface area contributed by atoms with Crippen molar-refractivity contribution >= 4 is 0 Å². The minimum absolute atomic E-state index is 0.0650. The summed E-state index contributed by atoms with van der Waals surface area (Å²) in [6.45, 7) is 5.01. The van der Waals surface area contributed by atoms with E-state index in [0.29, 0.717) is 30.0 Å². The SMILES string of the molecule is CC1(C)[C@H](Cc2cc(CO)on2)C[C@@H]1NCc1ccc(CO)o1. The highest BCUT2D eigenvalue weighted by Gasteiger charge is 2.47. The van der Waals surface area contributed by atoms with Gasteiger partial charge >= 0.3 is 0 Å². The summed E-state index contributed by atoms with van der Waals surface area (Å²) >= 11 is 0. The third kappa shape index (κ3) is 3.34. The van der Waals surface area contributed by atoms with Crippen LogP contribution in [-0.2, 0) is 26.2 Å². The fourth-order valence-electron chi connectivity index (χ4n) is 3.31. The van der Waals surface area contributed by atoms with Crippen molar-refractivity contribution in [3.8, 4) is 0 Å². The third-order valence-corrected chi connectivity index (χ3v) is 5.09. The van der Waals surface area contributed by atoms with Crippen LogP contribution in [0.1, 0.15) is 43.2 Å². The molecule has 0 spiro atoms. The smallest absolute Gasteiger partial charge is 0.162 e. The van der Waals surface area contributed by atoms with Gasteiger partial charge in [-0.3, -0.25) is 0 Å². The molecule has 126 valence electrons. The summed E-state index contributed by atoms with van der Waals surface area (Å²) in [7, 11) is 0. The van der Waals surface area contributed by atoms with Crippen molar-refractivity contribution in [3.05, 3.63) is 41.2 Å². The number of aliphatic hydroxyl groups excluding tert-OH is 2. The molecule has 0 aromatic carbocycles. The lowest BCUT2D eigenvalue weighted by atomic mass is 9.57. The quantitative estimate of drug-likeness (QED) is 0.723. The zero-order chi connectivity index (χ0) is 16.4. The van der Waals surface area contributed by atoms with E-state index in [1.54, 1.807) is 6.07 Å². The molecule has 23 heavy (non-hydrogen) atoms. The number of rotatable bonds is 7. The predicted octanol–water partition coefficient (Wildman–Crippen LogP) is 2.00. The van der Waals surface area contributed by atoms with E-state index in [-0.39, 0.29) is 18.6 Å². The number of nitrogens with zero attached hydrogens (tertiary/aromatic N) is 1. The minimum Gasteiger partial charge on any atom is -0.462 e. The Morgan fingerprint density at radius 2 is 1.96 bits per heavy atom. The molecular formula is C17H24N2O4. The minimum atomic E-state index is -0.107. The lowest BCUT2D eigenvalue weighted by Gasteiger charge is -2.52. The molecular weight excluding hydrogens is 296 g/mol. The summed E-state index contributed by atoms with van der Waals surface area (Å²) in [5.41, 5.74) is 1.06. The molecule has 1 aliphatic carbocycles. The largest absolute Gasteiger partial charge is 0.462 e. The van der Waals surface area contributed by atoms with Gasteiger partial charge in [0, 0.05) is 12.1 Å². The maximum Gasteiger partial charge on any atom is 0.162 e. The van der Waals surface area contributed by atoms with Gasteiger partial charge in [0.25, 0.3) is 0 Å². The van der Waals surface area contributed by atoms with E-state index >= 15 is 0 Å². The number of hydrogen-bond donors (Lipinski definition) is 3. The molecule has 1 saturated carbocycles. The molecule has 0 bridgehead atoms. The topological polar surface area (TPSA) is 91.7 Å². The molecule has 0 aliphatic heterocycles. The monoisotopic (exact) mass is 320 g/mol. The summed E-state index contributed by atoms with van der Waals surface area (Å²) in [5.74, 6) is 2.49. The molecule has 2 aromatic heterocycles. The van der Waals surface area contributed by atoms with Gasteiger partial charge < -0.3 is 24.5 Å². The van der Waals surface area contributed by atoms with Crippen molar-refractivity contribution in [2.24, 2.45) is 11.3 Å². The Balaban J connectivity index is 1.51. The summed E-state index contributed by atoms with van der Waals surface area (Å²) in [6.07, 6.45) is 1.94. The fourth-order valence-corrected chi connectivity index (χ4v) is 3.31. The number of furan rings is 1. The second-order valence-corrected chi connectivity index (χ2v) is 6.86. The molecule has 1 fully saturated rings. The van der Waals surface area contributed by atoms with E-state index in [2.05, 4.69) is 24.3 Å². The lowest BCUT2D eigenvalue weighted by molar-refractivity contribution is 0.0114. The zero-order valence-electron chi connectivity index (χ0n) is 13.6. The van der Waals surface area contributed by atoms with Crippen LogP contribution < -0.4 is 5.32 Å². The van der Waals surface area contributed by atoms with Crippen molar-refractivity contribution in [2.45, 2.75) is 52.5 Å². The number of aromatic nitrogens is 1. The van der Waals surface area contributed by atoms with Gasteiger partial charge in [0.05, 0.1) is 12.2 Å². The number of hydrogen-bond acceptors (Lipinski definition) is 6. The van der Waals surface area contributed by atoms with Crippen LogP contribution in [0.15, 0.2) is 27.1 Å². The van der Waals surface area contributed by atoms with E-state index in [1.165, 1.54) is 0 Å². The maximum atomic E-state index is 9.03. The van der Waals surface area contributed by atoms with Crippen LogP contribution in [0, 0.1) is 11.3 Å². The van der Waals surface area contributed by atoms with E-state index < -0.39 is 0 Å². The van der Waals surface area contributed by atoms with E-state index in [4.69, 9.17) is 19.2 Å². The van der Waals surface area contributed by atoms with Gasteiger partial charge in [0.2, 0.25) is 0 Å². The van der Waals surface area contributed by atoms with Crippen LogP contribution in [0.5, 0.6) is 0 Å². The van der Waals surface area contributed by atoms with Gasteiger partial charge in [-0.15, -0.1) is 0 Å². The van der Waals surface area contributed by atoms with Crippen LogP contribution in [0.25, 0.3) is 0 Å². The highest BCUT2D eigenvalue weighted by molar-refractivity contribution is 5.12. The van der Waals surface area contributed by atoms with Crippen molar-refractivity contribution in [3.63, 3.8) is 0 Å². The predicted molar refractivity (Wildman–Crippen MR) is 83.3 cm³/mol. The number of aliphatic hydroxyl groups is 2. The van der Waals surface area contributed by atoms with E-state index in [9.17, 15) is 0 Å². The van der Waals surface area contributed by atoms with Gasteiger partial charge in [-0.25, -0.2) is 0 Å². The van der Waals surface area contributed by atoms with Gasteiger partial charge in [-0.05, 0) is 36.3 Å². The summed E-state index contributed by atoms with van der Waals surface area (Å²) in [4.78, 5) is 0. The van der Waals surface area contributed by atoms with Crippen LogP contribution in [-0.4, -0.2) is 21.4 Å². The first-order valence-corrected chi connectivity index (χ1v) is 8.00. The highest BCUT2D eigenvalue weighted by Crippen LogP contribution is 2.47. The van der Waals surface area contributed by atoms with Crippen LogP contribution in [0.2, 0.25) is 0 Å². The standard InChI is InChI=1S/C17H24N2O4/c1-17(2)11(5-12-7-15(10-21)23-19-12)6-16(17)18-8-13-3-4-14(9-20)22-13/h3-4,7,11,16,18,20-21H,5-6,8-10H2,1-2H3/t11-,16+/m1/s1. The Morgan fingerprint density at radius 3 is 2.57 bits per heavy atom. The molecule has 0 amide bonds. The Labute approximate surface area is 135 Å². The molecule has 2 aromatic rings. The summed E-state index contributed by atoms with van der Waals surface area (Å²) < 4.78 is 10.5. The Morgan fingerprint density at radius 1 is 1.22 bits per heavy atom. The molecule has 2 heterocycles. The molecule has 2 atom stereocenters. The van der Waals surface area contributed by atoms with Gasteiger partial charge in [0.1, 0.15) is 24.7 Å². The first-order valence-electron chi connectivity index (χ1n) is 8.00. The van der Waals surface area contributed by atoms with Crippen LogP contribution in [0.3, 0.4) is 0 Å². The van der Waals surface area contributed by atoms with Crippen molar-refractivity contribution in [1.29, 1.82) is 0 Å². The van der Waals surface area contributed by atoms with Crippen LogP contribution >= 0.6 is 0 Å². The first-order chi connectivity index (χ1) is 11.0. The number of nitrogens with one attached hydrogen (secondary N) is 1. The molecule has 6 heteroatoms. The van der Waals surface area contributed by atoms with E-state index in [1.807, 2.05) is 12.1 Å². The normalized spacial score (nSPS) is 23.0. The summed E-state index contributed by atoms with van der Waals surface area (Å²) in [5, 5.41) is 25.6. The fraction of sp³-hybridized carbons (Fsp3) is 0.588. The second kappa shape index (κ2) is 6.47. The Kier molecular flexibility index (Phi) is 4.57. The van der Waals surface area contributed by atoms with Gasteiger partial charge in [-0.1, -0.05) is 19.0 Å². The molecule has 3 rings (SSSR count). The average molecular weight is 320 g/mol. The first kappa shape index (κ1) is 16.2. The summed E-state index contributed by atoms with van der Waals surface area (Å²) in [6, 6.07) is 5.94. The average Bonchev–Trinajstić information content (AvgIpc) is 3.18. The van der Waals surface area contributed by atoms with E-state index in [0.717, 1.165) is 24.3 Å². The zero-order valence-corrected chi connectivity index (χ0v) is 13.6. The van der Waals surface area contributed by atoms with Gasteiger partial charge in [-0.2, -0.15) is 0 Å². The molecule has 3 N–H and O–H groups in total. The lowest BCUT2D eigenvalue weighted by Crippen LogP contribution is -2.57. The second-order valence-electron chi connectivity index (χ2n) is 6.86. The third-order valence-electron chi connectivity index (χ3n) is 5.09. The highest BCUT2D eigenvalue weighted by atomic mass is 16.5. The van der Waals surface area contributed by atoms with Crippen molar-refractivity contribution in [2.75, 3.05) is 0 Å². The maximum absolute atomic E-state index is 9.03. The Hall–Kier alpha value is -1.63.